The molecule has 3 nitrogen and oxygen atoms in total. The van der Waals surface area contributed by atoms with E-state index in [1.807, 2.05) is 0 Å². The van der Waals surface area contributed by atoms with Crippen LogP contribution >= 0.6 is 15.9 Å². The van der Waals surface area contributed by atoms with Crippen LogP contribution in [0.25, 0.3) is 0 Å². The number of ether oxygens (including phenoxy) is 2. The molecule has 2 rings (SSSR count). The van der Waals surface area contributed by atoms with E-state index in [-0.39, 0.29) is 5.54 Å². The Bertz CT molecular complexity index is 451. The third kappa shape index (κ3) is 6.07. The van der Waals surface area contributed by atoms with Gasteiger partial charge in [-0.1, -0.05) is 28.1 Å². The lowest BCUT2D eigenvalue weighted by Crippen LogP contribution is -2.35. The van der Waals surface area contributed by atoms with E-state index in [2.05, 4.69) is 60.2 Å². The van der Waals surface area contributed by atoms with Gasteiger partial charge in [0.1, 0.15) is 0 Å². The lowest BCUT2D eigenvalue weighted by molar-refractivity contribution is -0.0392. The van der Waals surface area contributed by atoms with Gasteiger partial charge in [0.15, 0.2) is 0 Å². The number of nitrogens with one attached hydrogen (secondary N) is 1. The minimum atomic E-state index is 0.136. The summed E-state index contributed by atoms with van der Waals surface area (Å²) in [5, 5.41) is 3.50. The minimum Gasteiger partial charge on any atom is -0.381 e. The van der Waals surface area contributed by atoms with Crippen LogP contribution in [0, 0.1) is 0 Å². The molecule has 1 fully saturated rings. The van der Waals surface area contributed by atoms with Crippen LogP contribution in [0.3, 0.4) is 0 Å². The number of rotatable bonds is 5. The van der Waals surface area contributed by atoms with Crippen molar-refractivity contribution in [3.8, 4) is 0 Å². The highest BCUT2D eigenvalue weighted by Gasteiger charge is 2.15. The molecule has 0 radical (unpaired) electrons. The summed E-state index contributed by atoms with van der Waals surface area (Å²) in [6.45, 7) is 9.72. The summed E-state index contributed by atoms with van der Waals surface area (Å²) in [7, 11) is 0. The molecule has 1 aromatic rings. The van der Waals surface area contributed by atoms with Gasteiger partial charge in [-0.3, -0.25) is 0 Å². The summed E-state index contributed by atoms with van der Waals surface area (Å²) in [6.07, 6.45) is 2.35. The summed E-state index contributed by atoms with van der Waals surface area (Å²) >= 11 is 3.66. The van der Waals surface area contributed by atoms with E-state index in [4.69, 9.17) is 9.47 Å². The molecule has 0 amide bonds. The standard InChI is InChI=1S/C17H26BrNO2/c1-17(2,3)19-11-13-4-5-14(16(18)10-13)12-21-15-6-8-20-9-7-15/h4-5,10,15,19H,6-9,11-12H2,1-3H3. The van der Waals surface area contributed by atoms with Crippen molar-refractivity contribution in [2.24, 2.45) is 0 Å². The zero-order valence-corrected chi connectivity index (χ0v) is 14.8. The molecule has 1 heterocycles. The molecule has 0 aromatic heterocycles. The van der Waals surface area contributed by atoms with E-state index < -0.39 is 0 Å². The van der Waals surface area contributed by atoms with Crippen molar-refractivity contribution in [3.05, 3.63) is 33.8 Å². The van der Waals surface area contributed by atoms with E-state index in [1.165, 1.54) is 11.1 Å². The number of halogens is 1. The van der Waals surface area contributed by atoms with Crippen LogP contribution in [0.4, 0.5) is 0 Å². The largest absolute Gasteiger partial charge is 0.381 e. The quantitative estimate of drug-likeness (QED) is 0.864. The lowest BCUT2D eigenvalue weighted by Gasteiger charge is -2.23. The highest BCUT2D eigenvalue weighted by Crippen LogP contribution is 2.22. The number of hydrogen-bond acceptors (Lipinski definition) is 3. The Morgan fingerprint density at radius 2 is 2.00 bits per heavy atom. The van der Waals surface area contributed by atoms with Gasteiger partial charge in [0, 0.05) is 29.8 Å². The first-order valence-electron chi connectivity index (χ1n) is 7.66. The Hall–Kier alpha value is -0.420. The van der Waals surface area contributed by atoms with Crippen molar-refractivity contribution in [1.82, 2.24) is 5.32 Å². The van der Waals surface area contributed by atoms with Crippen LogP contribution in [0.2, 0.25) is 0 Å². The average molecular weight is 356 g/mol. The summed E-state index contributed by atoms with van der Waals surface area (Å²) in [6, 6.07) is 6.51. The van der Waals surface area contributed by atoms with Crippen molar-refractivity contribution < 1.29 is 9.47 Å². The van der Waals surface area contributed by atoms with E-state index >= 15 is 0 Å². The average Bonchev–Trinajstić information content (AvgIpc) is 2.44. The zero-order chi connectivity index (χ0) is 15.3. The first kappa shape index (κ1) is 16.9. The van der Waals surface area contributed by atoms with E-state index in [9.17, 15) is 0 Å². The number of benzene rings is 1. The van der Waals surface area contributed by atoms with Crippen molar-refractivity contribution in [3.63, 3.8) is 0 Å². The molecule has 118 valence electrons. The molecule has 21 heavy (non-hydrogen) atoms. The molecule has 0 aliphatic carbocycles. The monoisotopic (exact) mass is 355 g/mol. The van der Waals surface area contributed by atoms with Crippen molar-refractivity contribution in [2.45, 2.75) is 58.4 Å². The maximum Gasteiger partial charge on any atom is 0.0731 e. The van der Waals surface area contributed by atoms with Gasteiger partial charge in [-0.2, -0.15) is 0 Å². The van der Waals surface area contributed by atoms with E-state index in [0.29, 0.717) is 12.7 Å². The molecule has 0 bridgehead atoms. The molecule has 1 aromatic carbocycles. The SMILES string of the molecule is CC(C)(C)NCc1ccc(COC2CCOCC2)c(Br)c1. The van der Waals surface area contributed by atoms with Gasteiger partial charge in [-0.25, -0.2) is 0 Å². The maximum absolute atomic E-state index is 5.98. The van der Waals surface area contributed by atoms with Crippen LogP contribution in [-0.4, -0.2) is 24.9 Å². The predicted octanol–water partition coefficient (Wildman–Crippen LogP) is 4.03. The van der Waals surface area contributed by atoms with Crippen molar-refractivity contribution >= 4 is 15.9 Å². The highest BCUT2D eigenvalue weighted by atomic mass is 79.9. The fourth-order valence-electron chi connectivity index (χ4n) is 2.24. The third-order valence-electron chi connectivity index (χ3n) is 3.58. The molecule has 0 atom stereocenters. The molecule has 0 saturated carbocycles. The van der Waals surface area contributed by atoms with Crippen molar-refractivity contribution in [1.29, 1.82) is 0 Å². The molecule has 4 heteroatoms. The van der Waals surface area contributed by atoms with Gasteiger partial charge in [0.05, 0.1) is 12.7 Å². The Balaban J connectivity index is 1.86. The van der Waals surface area contributed by atoms with Crippen LogP contribution in [0.15, 0.2) is 22.7 Å². The second kappa shape index (κ2) is 7.73. The van der Waals surface area contributed by atoms with Crippen LogP contribution in [0.1, 0.15) is 44.7 Å². The molecule has 0 spiro atoms. The zero-order valence-electron chi connectivity index (χ0n) is 13.2. The van der Waals surface area contributed by atoms with Gasteiger partial charge >= 0.3 is 0 Å². The first-order valence-corrected chi connectivity index (χ1v) is 8.45. The Morgan fingerprint density at radius 1 is 1.29 bits per heavy atom. The van der Waals surface area contributed by atoms with E-state index in [0.717, 1.165) is 37.1 Å². The molecule has 1 aliphatic heterocycles. The van der Waals surface area contributed by atoms with Gasteiger partial charge in [-0.05, 0) is 50.8 Å². The number of hydrogen-bond donors (Lipinski definition) is 1. The molecular weight excluding hydrogens is 330 g/mol. The molecule has 1 aliphatic rings. The normalized spacial score (nSPS) is 17.1. The summed E-state index contributed by atoms with van der Waals surface area (Å²) in [5.41, 5.74) is 2.63. The molecule has 1 saturated heterocycles. The van der Waals surface area contributed by atoms with Crippen LogP contribution in [-0.2, 0) is 22.6 Å². The third-order valence-corrected chi connectivity index (χ3v) is 4.32. The Labute approximate surface area is 136 Å². The second-order valence-corrected chi connectivity index (χ2v) is 7.51. The fourth-order valence-corrected chi connectivity index (χ4v) is 2.78. The first-order chi connectivity index (χ1) is 9.94. The molecule has 1 N–H and O–H groups in total. The lowest BCUT2D eigenvalue weighted by atomic mass is 10.1. The van der Waals surface area contributed by atoms with Crippen LogP contribution < -0.4 is 5.32 Å². The van der Waals surface area contributed by atoms with Gasteiger partial charge < -0.3 is 14.8 Å². The minimum absolute atomic E-state index is 0.136. The van der Waals surface area contributed by atoms with E-state index in [1.54, 1.807) is 0 Å². The van der Waals surface area contributed by atoms with Gasteiger partial charge in [-0.15, -0.1) is 0 Å². The summed E-state index contributed by atoms with van der Waals surface area (Å²) in [4.78, 5) is 0. The van der Waals surface area contributed by atoms with Gasteiger partial charge in [0.2, 0.25) is 0 Å². The molecular formula is C17H26BrNO2. The van der Waals surface area contributed by atoms with Crippen LogP contribution in [0.5, 0.6) is 0 Å². The fraction of sp³-hybridized carbons (Fsp3) is 0.647. The smallest absolute Gasteiger partial charge is 0.0731 e. The Morgan fingerprint density at radius 3 is 2.62 bits per heavy atom. The predicted molar refractivity (Wildman–Crippen MR) is 89.4 cm³/mol. The summed E-state index contributed by atoms with van der Waals surface area (Å²) in [5.74, 6) is 0. The Kier molecular flexibility index (Phi) is 6.23. The molecule has 0 unspecified atom stereocenters. The van der Waals surface area contributed by atoms with Crippen molar-refractivity contribution in [2.75, 3.05) is 13.2 Å². The summed E-state index contributed by atoms with van der Waals surface area (Å²) < 4.78 is 12.5. The topological polar surface area (TPSA) is 30.5 Å². The maximum atomic E-state index is 5.98. The second-order valence-electron chi connectivity index (χ2n) is 6.65. The highest BCUT2D eigenvalue weighted by molar-refractivity contribution is 9.10. The van der Waals surface area contributed by atoms with Gasteiger partial charge in [0.25, 0.3) is 0 Å².